The smallest absolute Gasteiger partial charge is 0.120 e. The van der Waals surface area contributed by atoms with Crippen LogP contribution in [0.4, 0.5) is 0 Å². The second-order valence-corrected chi connectivity index (χ2v) is 3.08. The first-order valence-electron chi connectivity index (χ1n) is 4.19. The van der Waals surface area contributed by atoms with E-state index in [4.69, 9.17) is 9.84 Å². The summed E-state index contributed by atoms with van der Waals surface area (Å²) >= 11 is 0. The summed E-state index contributed by atoms with van der Waals surface area (Å²) in [6.45, 7) is 5.70. The van der Waals surface area contributed by atoms with E-state index >= 15 is 0 Å². The molecule has 0 radical (unpaired) electrons. The van der Waals surface area contributed by atoms with Gasteiger partial charge in [0.1, 0.15) is 11.4 Å². The molecule has 0 aromatic heterocycles. The average molecular weight is 174 g/mol. The maximum atomic E-state index is 9.46. The number of allylic oxidation sites excluding steroid dienone is 1. The fourth-order valence-corrected chi connectivity index (χ4v) is 0.814. The molecule has 0 rings (SSSR count). The molecule has 0 aromatic carbocycles. The molecule has 12 heavy (non-hydrogen) atoms. The number of ether oxygens (including phenoxy) is 1. The van der Waals surface area contributed by atoms with E-state index in [1.165, 1.54) is 0 Å². The minimum atomic E-state index is -0.682. The molecule has 0 bridgehead atoms. The monoisotopic (exact) mass is 174 g/mol. The van der Waals surface area contributed by atoms with Crippen LogP contribution in [0.2, 0.25) is 0 Å². The lowest BCUT2D eigenvalue weighted by Gasteiger charge is -2.24. The lowest BCUT2D eigenvalue weighted by molar-refractivity contribution is -0.0318. The quantitative estimate of drug-likeness (QED) is 0.623. The molecule has 72 valence electrons. The Morgan fingerprint density at radius 3 is 2.50 bits per heavy atom. The van der Waals surface area contributed by atoms with E-state index in [1.54, 1.807) is 19.9 Å². The van der Waals surface area contributed by atoms with E-state index in [-0.39, 0.29) is 19.0 Å². The first-order valence-corrected chi connectivity index (χ1v) is 4.19. The van der Waals surface area contributed by atoms with Gasteiger partial charge < -0.3 is 14.9 Å². The van der Waals surface area contributed by atoms with Crippen molar-refractivity contribution >= 4 is 0 Å². The van der Waals surface area contributed by atoms with Crippen LogP contribution in [0.25, 0.3) is 0 Å². The van der Waals surface area contributed by atoms with Gasteiger partial charge in [-0.1, -0.05) is 6.92 Å². The molecule has 0 amide bonds. The third-order valence-corrected chi connectivity index (χ3v) is 1.57. The number of aliphatic hydroxyl groups is 2. The van der Waals surface area contributed by atoms with E-state index in [0.717, 1.165) is 6.42 Å². The second kappa shape index (κ2) is 5.17. The van der Waals surface area contributed by atoms with Crippen molar-refractivity contribution in [3.63, 3.8) is 0 Å². The molecule has 0 spiro atoms. The normalized spacial score (nSPS) is 13.5. The Morgan fingerprint density at radius 2 is 2.08 bits per heavy atom. The van der Waals surface area contributed by atoms with Gasteiger partial charge in [0.25, 0.3) is 0 Å². The molecule has 0 aliphatic heterocycles. The Balaban J connectivity index is 4.08. The molecular weight excluding hydrogens is 156 g/mol. The largest absolute Gasteiger partial charge is 0.510 e. The third kappa shape index (κ3) is 3.74. The van der Waals surface area contributed by atoms with E-state index in [9.17, 15) is 5.11 Å². The van der Waals surface area contributed by atoms with Crippen molar-refractivity contribution in [2.24, 2.45) is 0 Å². The fraction of sp³-hybridized carbons (Fsp3) is 0.778. The van der Waals surface area contributed by atoms with Gasteiger partial charge >= 0.3 is 0 Å². The van der Waals surface area contributed by atoms with Crippen LogP contribution in [0.5, 0.6) is 0 Å². The average Bonchev–Trinajstić information content (AvgIpc) is 2.01. The zero-order valence-corrected chi connectivity index (χ0v) is 8.00. The number of hydrogen-bond acceptors (Lipinski definition) is 3. The standard InChI is InChI=1S/C9H18O3/c1-4-5-8(11)9(2,3)12-7-6-10/h5,10-11H,4,6-7H2,1-3H3. The Labute approximate surface area is 73.7 Å². The highest BCUT2D eigenvalue weighted by molar-refractivity contribution is 5.04. The van der Waals surface area contributed by atoms with Crippen molar-refractivity contribution in [1.29, 1.82) is 0 Å². The molecule has 0 saturated carbocycles. The summed E-state index contributed by atoms with van der Waals surface area (Å²) in [4.78, 5) is 0. The van der Waals surface area contributed by atoms with Crippen LogP contribution in [0.1, 0.15) is 27.2 Å². The molecule has 2 N–H and O–H groups in total. The summed E-state index contributed by atoms with van der Waals surface area (Å²) in [7, 11) is 0. The van der Waals surface area contributed by atoms with Crippen LogP contribution >= 0.6 is 0 Å². The zero-order valence-electron chi connectivity index (χ0n) is 8.00. The molecule has 0 aromatic rings. The van der Waals surface area contributed by atoms with E-state index in [1.807, 2.05) is 6.92 Å². The van der Waals surface area contributed by atoms with Gasteiger partial charge in [0.2, 0.25) is 0 Å². The first-order chi connectivity index (χ1) is 5.54. The highest BCUT2D eigenvalue weighted by Gasteiger charge is 2.22. The number of hydrogen-bond donors (Lipinski definition) is 2. The maximum Gasteiger partial charge on any atom is 0.120 e. The van der Waals surface area contributed by atoms with Crippen molar-refractivity contribution < 1.29 is 14.9 Å². The lowest BCUT2D eigenvalue weighted by atomic mass is 10.1. The Kier molecular flexibility index (Phi) is 4.93. The summed E-state index contributed by atoms with van der Waals surface area (Å²) in [5.74, 6) is 0.221. The van der Waals surface area contributed by atoms with Crippen molar-refractivity contribution in [1.82, 2.24) is 0 Å². The topological polar surface area (TPSA) is 49.7 Å². The zero-order chi connectivity index (χ0) is 9.61. The Bertz CT molecular complexity index is 150. The van der Waals surface area contributed by atoms with Crippen LogP contribution in [0.3, 0.4) is 0 Å². The molecule has 0 aliphatic rings. The van der Waals surface area contributed by atoms with Crippen LogP contribution in [0, 0.1) is 0 Å². The predicted octanol–water partition coefficient (Wildman–Crippen LogP) is 1.63. The molecule has 0 unspecified atom stereocenters. The van der Waals surface area contributed by atoms with E-state index in [0.29, 0.717) is 0 Å². The van der Waals surface area contributed by atoms with Crippen molar-refractivity contribution in [2.45, 2.75) is 32.8 Å². The van der Waals surface area contributed by atoms with Crippen LogP contribution in [-0.4, -0.2) is 29.0 Å². The maximum absolute atomic E-state index is 9.46. The minimum absolute atomic E-state index is 0.0250. The van der Waals surface area contributed by atoms with Gasteiger partial charge in [-0.05, 0) is 26.3 Å². The molecule has 0 atom stereocenters. The highest BCUT2D eigenvalue weighted by Crippen LogP contribution is 2.18. The molecule has 0 fully saturated rings. The van der Waals surface area contributed by atoms with Gasteiger partial charge in [0.05, 0.1) is 13.2 Å². The Hall–Kier alpha value is -0.540. The van der Waals surface area contributed by atoms with Gasteiger partial charge in [-0.3, -0.25) is 0 Å². The van der Waals surface area contributed by atoms with Crippen molar-refractivity contribution in [3.8, 4) is 0 Å². The minimum Gasteiger partial charge on any atom is -0.510 e. The van der Waals surface area contributed by atoms with Gasteiger partial charge in [-0.15, -0.1) is 0 Å². The Morgan fingerprint density at radius 1 is 1.50 bits per heavy atom. The van der Waals surface area contributed by atoms with Crippen LogP contribution in [0.15, 0.2) is 11.8 Å². The van der Waals surface area contributed by atoms with Gasteiger partial charge in [0.15, 0.2) is 0 Å². The number of aliphatic hydroxyl groups excluding tert-OH is 2. The van der Waals surface area contributed by atoms with Gasteiger partial charge in [-0.2, -0.15) is 0 Å². The van der Waals surface area contributed by atoms with Gasteiger partial charge in [-0.25, -0.2) is 0 Å². The second-order valence-electron chi connectivity index (χ2n) is 3.08. The summed E-state index contributed by atoms with van der Waals surface area (Å²) in [6.07, 6.45) is 2.48. The summed E-state index contributed by atoms with van der Waals surface area (Å²) in [5, 5.41) is 18.0. The first kappa shape index (κ1) is 11.5. The predicted molar refractivity (Wildman–Crippen MR) is 48.1 cm³/mol. The molecule has 3 nitrogen and oxygen atoms in total. The number of rotatable bonds is 5. The van der Waals surface area contributed by atoms with Crippen molar-refractivity contribution in [3.05, 3.63) is 11.8 Å². The molecule has 0 heterocycles. The fourth-order valence-electron chi connectivity index (χ4n) is 0.814. The van der Waals surface area contributed by atoms with Crippen LogP contribution < -0.4 is 0 Å². The SMILES string of the molecule is CCC=C(O)C(C)(C)OCCO. The summed E-state index contributed by atoms with van der Waals surface area (Å²) < 4.78 is 5.22. The molecule has 3 heteroatoms. The van der Waals surface area contributed by atoms with E-state index in [2.05, 4.69) is 0 Å². The van der Waals surface area contributed by atoms with E-state index < -0.39 is 5.60 Å². The van der Waals surface area contributed by atoms with Crippen LogP contribution in [-0.2, 0) is 4.74 Å². The van der Waals surface area contributed by atoms with Crippen molar-refractivity contribution in [2.75, 3.05) is 13.2 Å². The summed E-state index contributed by atoms with van der Waals surface area (Å²) in [6, 6.07) is 0. The molecular formula is C9H18O3. The lowest BCUT2D eigenvalue weighted by Crippen LogP contribution is -2.28. The summed E-state index contributed by atoms with van der Waals surface area (Å²) in [5.41, 5.74) is -0.682. The molecule has 0 saturated heterocycles. The third-order valence-electron chi connectivity index (χ3n) is 1.57. The molecule has 0 aliphatic carbocycles. The highest BCUT2D eigenvalue weighted by atomic mass is 16.5. The van der Waals surface area contributed by atoms with Gasteiger partial charge in [0, 0.05) is 0 Å².